The number of hydrogen-bond donors (Lipinski definition) is 2. The van der Waals surface area contributed by atoms with Crippen molar-refractivity contribution in [2.45, 2.75) is 30.8 Å². The summed E-state index contributed by atoms with van der Waals surface area (Å²) in [7, 11) is 0. The summed E-state index contributed by atoms with van der Waals surface area (Å²) in [5.41, 5.74) is 6.98. The first-order valence-electron chi connectivity index (χ1n) is 8.05. The van der Waals surface area contributed by atoms with Crippen LogP contribution in [0, 0.1) is 11.8 Å². The molecule has 2 heterocycles. The zero-order valence-electron chi connectivity index (χ0n) is 12.3. The van der Waals surface area contributed by atoms with Gasteiger partial charge in [0.25, 0.3) is 0 Å². The Morgan fingerprint density at radius 2 is 2.00 bits per heavy atom. The van der Waals surface area contributed by atoms with Gasteiger partial charge < -0.3 is 16.0 Å². The Kier molecular flexibility index (Phi) is 3.05. The number of fused-ring (bicyclic) bond motifs is 1. The van der Waals surface area contributed by atoms with Crippen LogP contribution in [0.4, 0.5) is 0 Å². The minimum absolute atomic E-state index is 0.178. The largest absolute Gasteiger partial charge is 0.333 e. The van der Waals surface area contributed by atoms with Crippen LogP contribution < -0.4 is 11.1 Å². The van der Waals surface area contributed by atoms with Crippen molar-refractivity contribution in [3.63, 3.8) is 0 Å². The molecule has 1 saturated carbocycles. The maximum atomic E-state index is 12.9. The van der Waals surface area contributed by atoms with Crippen LogP contribution >= 0.6 is 0 Å². The maximum Gasteiger partial charge on any atom is 0.243 e. The molecule has 4 rings (SSSR count). The van der Waals surface area contributed by atoms with Crippen molar-refractivity contribution in [2.24, 2.45) is 17.6 Å². The number of hydrogen-bond acceptors (Lipinski definition) is 3. The van der Waals surface area contributed by atoms with Gasteiger partial charge in [0.2, 0.25) is 5.91 Å². The molecule has 3 fully saturated rings. The highest BCUT2D eigenvalue weighted by Gasteiger charge is 2.51. The van der Waals surface area contributed by atoms with Gasteiger partial charge >= 0.3 is 0 Å². The third-order valence-electron chi connectivity index (χ3n) is 5.64. The second-order valence-corrected chi connectivity index (χ2v) is 6.90. The summed E-state index contributed by atoms with van der Waals surface area (Å²) in [6.07, 6.45) is 2.77. The van der Waals surface area contributed by atoms with E-state index in [1.807, 2.05) is 6.07 Å². The molecule has 0 unspecified atom stereocenters. The van der Waals surface area contributed by atoms with Crippen molar-refractivity contribution < 1.29 is 4.79 Å². The summed E-state index contributed by atoms with van der Waals surface area (Å²) in [5.74, 6) is 1.28. The van der Waals surface area contributed by atoms with Gasteiger partial charge in [-0.15, -0.1) is 0 Å². The van der Waals surface area contributed by atoms with Crippen LogP contribution in [-0.4, -0.2) is 36.0 Å². The molecule has 1 amide bonds. The number of benzene rings is 1. The molecule has 4 heteroatoms. The van der Waals surface area contributed by atoms with Crippen molar-refractivity contribution >= 4 is 5.91 Å². The number of carbonyl (C=O) groups is 1. The van der Waals surface area contributed by atoms with E-state index in [1.54, 1.807) is 0 Å². The van der Waals surface area contributed by atoms with Gasteiger partial charge in [0.05, 0.1) is 11.6 Å². The van der Waals surface area contributed by atoms with Crippen molar-refractivity contribution in [1.29, 1.82) is 0 Å². The van der Waals surface area contributed by atoms with Gasteiger partial charge in [-0.05, 0) is 30.7 Å². The first-order chi connectivity index (χ1) is 10.2. The van der Waals surface area contributed by atoms with Crippen LogP contribution in [-0.2, 0) is 4.79 Å². The molecule has 2 saturated heterocycles. The monoisotopic (exact) mass is 285 g/mol. The summed E-state index contributed by atoms with van der Waals surface area (Å²) < 4.78 is 0. The number of nitrogens with zero attached hydrogens (tertiary/aromatic N) is 1. The normalized spacial score (nSPS) is 33.6. The van der Waals surface area contributed by atoms with Crippen molar-refractivity contribution in [3.8, 4) is 0 Å². The third kappa shape index (κ3) is 2.00. The zero-order chi connectivity index (χ0) is 14.4. The van der Waals surface area contributed by atoms with Crippen molar-refractivity contribution in [2.75, 3.05) is 19.6 Å². The topological polar surface area (TPSA) is 58.4 Å². The maximum absolute atomic E-state index is 12.9. The minimum atomic E-state index is -0.584. The molecule has 3 atom stereocenters. The average molecular weight is 285 g/mol. The van der Waals surface area contributed by atoms with E-state index in [0.717, 1.165) is 38.9 Å². The number of rotatable bonds is 2. The Morgan fingerprint density at radius 3 is 2.67 bits per heavy atom. The molecule has 21 heavy (non-hydrogen) atoms. The first kappa shape index (κ1) is 13.3. The third-order valence-corrected chi connectivity index (χ3v) is 5.64. The number of nitrogens with two attached hydrogens (primary N) is 1. The number of nitrogens with one attached hydrogen (secondary N) is 1. The van der Waals surface area contributed by atoms with Crippen LogP contribution in [0.5, 0.6) is 0 Å². The number of amides is 1. The van der Waals surface area contributed by atoms with E-state index in [4.69, 9.17) is 5.73 Å². The average Bonchev–Trinajstić information content (AvgIpc) is 3.05. The van der Waals surface area contributed by atoms with Gasteiger partial charge in [-0.3, -0.25) is 4.79 Å². The van der Waals surface area contributed by atoms with Crippen LogP contribution in [0.1, 0.15) is 30.9 Å². The van der Waals surface area contributed by atoms with Gasteiger partial charge in [-0.1, -0.05) is 30.3 Å². The van der Waals surface area contributed by atoms with E-state index in [2.05, 4.69) is 34.5 Å². The Labute approximate surface area is 125 Å². The lowest BCUT2D eigenvalue weighted by atomic mass is 9.76. The van der Waals surface area contributed by atoms with Crippen LogP contribution in [0.2, 0.25) is 0 Å². The molecule has 1 aliphatic carbocycles. The molecule has 2 aliphatic heterocycles. The Morgan fingerprint density at radius 1 is 1.24 bits per heavy atom. The fourth-order valence-corrected chi connectivity index (χ4v) is 4.26. The lowest BCUT2D eigenvalue weighted by Gasteiger charge is -2.41. The predicted molar refractivity (Wildman–Crippen MR) is 81.5 cm³/mol. The molecule has 3 N–H and O–H groups in total. The molecule has 0 radical (unpaired) electrons. The number of carbonyl (C=O) groups excluding carboxylic acids is 1. The molecule has 0 bridgehead atoms. The zero-order valence-corrected chi connectivity index (χ0v) is 12.3. The minimum Gasteiger partial charge on any atom is -0.333 e. The fourth-order valence-electron chi connectivity index (χ4n) is 4.26. The summed E-state index contributed by atoms with van der Waals surface area (Å²) in [5, 5.41) is 3.48. The molecular formula is C17H23N3O. The Bertz CT molecular complexity index is 540. The second-order valence-electron chi connectivity index (χ2n) is 6.90. The quantitative estimate of drug-likeness (QED) is 0.861. The van der Waals surface area contributed by atoms with Gasteiger partial charge in [0.1, 0.15) is 0 Å². The molecule has 4 nitrogen and oxygen atoms in total. The van der Waals surface area contributed by atoms with E-state index in [0.29, 0.717) is 11.8 Å². The SMILES string of the molecule is NC1(C(=O)N2C[C@@H]3CNC[C@@H]3[C@H]2c2ccccc2)CCC1. The molecule has 1 aromatic rings. The summed E-state index contributed by atoms with van der Waals surface area (Å²) in [6.45, 7) is 2.88. The highest BCUT2D eigenvalue weighted by atomic mass is 16.2. The van der Waals surface area contributed by atoms with Gasteiger partial charge in [0.15, 0.2) is 0 Å². The highest BCUT2D eigenvalue weighted by molar-refractivity contribution is 5.87. The van der Waals surface area contributed by atoms with Gasteiger partial charge in [0, 0.05) is 25.6 Å². The van der Waals surface area contributed by atoms with Crippen molar-refractivity contribution in [1.82, 2.24) is 10.2 Å². The van der Waals surface area contributed by atoms with E-state index in [1.165, 1.54) is 5.56 Å². The Hall–Kier alpha value is -1.39. The fraction of sp³-hybridized carbons (Fsp3) is 0.588. The predicted octanol–water partition coefficient (Wildman–Crippen LogP) is 1.29. The van der Waals surface area contributed by atoms with Crippen molar-refractivity contribution in [3.05, 3.63) is 35.9 Å². The summed E-state index contributed by atoms with van der Waals surface area (Å²) >= 11 is 0. The van der Waals surface area contributed by atoms with E-state index >= 15 is 0 Å². The molecule has 0 spiro atoms. The van der Waals surface area contributed by atoms with E-state index in [-0.39, 0.29) is 11.9 Å². The molecule has 112 valence electrons. The lowest BCUT2D eigenvalue weighted by Crippen LogP contribution is -2.59. The van der Waals surface area contributed by atoms with Gasteiger partial charge in [-0.2, -0.15) is 0 Å². The summed E-state index contributed by atoms with van der Waals surface area (Å²) in [6, 6.07) is 10.7. The van der Waals surface area contributed by atoms with Crippen LogP contribution in [0.3, 0.4) is 0 Å². The van der Waals surface area contributed by atoms with Gasteiger partial charge in [-0.25, -0.2) is 0 Å². The summed E-state index contributed by atoms with van der Waals surface area (Å²) in [4.78, 5) is 15.0. The molecule has 0 aromatic heterocycles. The molecule has 3 aliphatic rings. The highest BCUT2D eigenvalue weighted by Crippen LogP contribution is 2.45. The Balaban J connectivity index is 1.67. The van der Waals surface area contributed by atoms with E-state index in [9.17, 15) is 4.79 Å². The van der Waals surface area contributed by atoms with E-state index < -0.39 is 5.54 Å². The standard InChI is InChI=1S/C17H23N3O/c18-17(7-4-8-17)16(21)20-11-13-9-19-10-14(13)15(20)12-5-2-1-3-6-12/h1-3,5-6,13-15,19H,4,7-11,18H2/t13-,14-,15+/m0/s1. The molecular weight excluding hydrogens is 262 g/mol. The second kappa shape index (κ2) is 4.82. The molecule has 1 aromatic carbocycles. The lowest BCUT2D eigenvalue weighted by molar-refractivity contribution is -0.141. The van der Waals surface area contributed by atoms with Crippen LogP contribution in [0.25, 0.3) is 0 Å². The van der Waals surface area contributed by atoms with Crippen LogP contribution in [0.15, 0.2) is 30.3 Å². The smallest absolute Gasteiger partial charge is 0.243 e. The first-order valence-corrected chi connectivity index (χ1v) is 8.05. The number of likely N-dealkylation sites (tertiary alicyclic amines) is 1.